The Labute approximate surface area is 192 Å². The Balaban J connectivity index is 1.58. The minimum absolute atomic E-state index is 0.160. The van der Waals surface area contributed by atoms with Crippen LogP contribution in [-0.2, 0) is 5.54 Å². The lowest BCUT2D eigenvalue weighted by Gasteiger charge is -2.27. The predicted octanol–water partition coefficient (Wildman–Crippen LogP) is 5.10. The van der Waals surface area contributed by atoms with Crippen LogP contribution in [0.1, 0.15) is 50.7 Å². The molecule has 32 heavy (non-hydrogen) atoms. The molecular formula is C26H36N4O2. The monoisotopic (exact) mass is 436 g/mol. The molecule has 2 amide bonds. The van der Waals surface area contributed by atoms with Crippen molar-refractivity contribution >= 4 is 18.1 Å². The van der Waals surface area contributed by atoms with Crippen LogP contribution in [0.15, 0.2) is 53.5 Å². The van der Waals surface area contributed by atoms with E-state index >= 15 is 0 Å². The summed E-state index contributed by atoms with van der Waals surface area (Å²) in [4.78, 5) is 20.9. The average Bonchev–Trinajstić information content (AvgIpc) is 3.23. The molecule has 3 rings (SSSR count). The van der Waals surface area contributed by atoms with Crippen LogP contribution in [0, 0.1) is 6.92 Å². The van der Waals surface area contributed by atoms with Crippen molar-refractivity contribution in [2.24, 2.45) is 10.7 Å². The van der Waals surface area contributed by atoms with Gasteiger partial charge in [-0.1, -0.05) is 62.7 Å². The summed E-state index contributed by atoms with van der Waals surface area (Å²) in [5, 5.41) is 0. The molecule has 0 saturated heterocycles. The number of unbranched alkanes of at least 4 members (excludes halogenated alkanes) is 1. The minimum atomic E-state index is -0.442. The first kappa shape index (κ1) is 23.6. The third-order valence-electron chi connectivity index (χ3n) is 6.15. The van der Waals surface area contributed by atoms with E-state index < -0.39 is 6.03 Å². The lowest BCUT2D eigenvalue weighted by atomic mass is 9.88. The molecule has 0 saturated carbocycles. The summed E-state index contributed by atoms with van der Waals surface area (Å²) in [5.74, 6) is 0.710. The number of nitrogens with zero attached hydrogens (tertiary/aromatic N) is 3. The van der Waals surface area contributed by atoms with Crippen LogP contribution in [0.3, 0.4) is 0 Å². The zero-order valence-electron chi connectivity index (χ0n) is 19.6. The first-order valence-electron chi connectivity index (χ1n) is 11.6. The number of para-hydroxylation sites is 1. The first-order chi connectivity index (χ1) is 15.5. The Kier molecular flexibility index (Phi) is 8.14. The number of urea groups is 1. The van der Waals surface area contributed by atoms with Gasteiger partial charge in [0.15, 0.2) is 0 Å². The van der Waals surface area contributed by atoms with Crippen LogP contribution < -0.4 is 15.4 Å². The number of hydrogen-bond donors (Lipinski definition) is 1. The van der Waals surface area contributed by atoms with Crippen molar-refractivity contribution in [1.82, 2.24) is 4.90 Å². The number of amides is 2. The number of carbonyl (C=O) groups is 1. The fraction of sp³-hybridized carbons (Fsp3) is 0.462. The molecule has 0 bridgehead atoms. The standard InChI is InChI=1S/C26H36N4O2/c1-4-6-17-30(25(27)31)24-21(3)12-10-15-23(24)32-18-11-16-29-19-26(5-2,28-20-29)22-13-8-7-9-14-22/h7-10,12-15,20H,4-6,11,16-19H2,1-3H3,(H2,27,31). The Morgan fingerprint density at radius 2 is 1.94 bits per heavy atom. The number of rotatable bonds is 11. The molecular weight excluding hydrogens is 400 g/mol. The second kappa shape index (κ2) is 11.0. The fourth-order valence-corrected chi connectivity index (χ4v) is 4.26. The van der Waals surface area contributed by atoms with Crippen molar-refractivity contribution in [2.75, 3.05) is 31.1 Å². The number of aryl methyl sites for hydroxylation is 1. The van der Waals surface area contributed by atoms with Gasteiger partial charge in [-0.15, -0.1) is 0 Å². The van der Waals surface area contributed by atoms with E-state index in [0.717, 1.165) is 50.0 Å². The number of primary amides is 1. The maximum atomic E-state index is 12.1. The van der Waals surface area contributed by atoms with E-state index in [9.17, 15) is 4.79 Å². The highest BCUT2D eigenvalue weighted by Gasteiger charge is 2.34. The van der Waals surface area contributed by atoms with Gasteiger partial charge >= 0.3 is 6.03 Å². The molecule has 0 fully saturated rings. The maximum Gasteiger partial charge on any atom is 0.319 e. The quantitative estimate of drug-likeness (QED) is 0.498. The second-order valence-corrected chi connectivity index (χ2v) is 8.43. The number of anilines is 1. The number of nitrogens with two attached hydrogens (primary N) is 1. The van der Waals surface area contributed by atoms with Crippen LogP contribution >= 0.6 is 0 Å². The van der Waals surface area contributed by atoms with E-state index in [2.05, 4.69) is 43.0 Å². The van der Waals surface area contributed by atoms with Crippen LogP contribution in [0.25, 0.3) is 0 Å². The van der Waals surface area contributed by atoms with Crippen LogP contribution in [-0.4, -0.2) is 43.5 Å². The van der Waals surface area contributed by atoms with Gasteiger partial charge in [-0.05, 0) is 43.4 Å². The van der Waals surface area contributed by atoms with Gasteiger partial charge in [-0.3, -0.25) is 9.89 Å². The Morgan fingerprint density at radius 3 is 2.62 bits per heavy atom. The summed E-state index contributed by atoms with van der Waals surface area (Å²) in [6, 6.07) is 15.9. The smallest absolute Gasteiger partial charge is 0.319 e. The molecule has 172 valence electrons. The van der Waals surface area contributed by atoms with E-state index in [0.29, 0.717) is 18.9 Å². The van der Waals surface area contributed by atoms with Crippen LogP contribution in [0.2, 0.25) is 0 Å². The summed E-state index contributed by atoms with van der Waals surface area (Å²) in [6.07, 6.45) is 5.69. The normalized spacial score (nSPS) is 17.5. The van der Waals surface area contributed by atoms with Gasteiger partial charge < -0.3 is 15.4 Å². The molecule has 1 heterocycles. The van der Waals surface area contributed by atoms with Gasteiger partial charge in [0.25, 0.3) is 0 Å². The molecule has 6 heteroatoms. The maximum absolute atomic E-state index is 12.1. The molecule has 2 aromatic carbocycles. The summed E-state index contributed by atoms with van der Waals surface area (Å²) in [6.45, 7) is 9.19. The number of benzene rings is 2. The van der Waals surface area contributed by atoms with Crippen molar-refractivity contribution in [1.29, 1.82) is 0 Å². The fourth-order valence-electron chi connectivity index (χ4n) is 4.26. The number of hydrogen-bond acceptors (Lipinski definition) is 4. The molecule has 2 aromatic rings. The highest BCUT2D eigenvalue weighted by Crippen LogP contribution is 2.34. The SMILES string of the molecule is CCCCN(C(N)=O)c1c(C)cccc1OCCCN1C=NC(CC)(c2ccccc2)C1. The van der Waals surface area contributed by atoms with E-state index in [1.807, 2.05) is 37.5 Å². The molecule has 6 nitrogen and oxygen atoms in total. The molecule has 0 radical (unpaired) electrons. The molecule has 2 N–H and O–H groups in total. The zero-order chi connectivity index (χ0) is 23.0. The van der Waals surface area contributed by atoms with E-state index in [-0.39, 0.29) is 5.54 Å². The third kappa shape index (κ3) is 5.42. The largest absolute Gasteiger partial charge is 0.491 e. The molecule has 0 aromatic heterocycles. The van der Waals surface area contributed by atoms with Crippen molar-refractivity contribution in [3.63, 3.8) is 0 Å². The third-order valence-corrected chi connectivity index (χ3v) is 6.15. The van der Waals surface area contributed by atoms with Gasteiger partial charge in [-0.2, -0.15) is 0 Å². The van der Waals surface area contributed by atoms with E-state index in [1.165, 1.54) is 5.56 Å². The predicted molar refractivity (Wildman–Crippen MR) is 132 cm³/mol. The van der Waals surface area contributed by atoms with Gasteiger partial charge in [-0.25, -0.2) is 4.79 Å². The molecule has 1 aliphatic rings. The average molecular weight is 437 g/mol. The van der Waals surface area contributed by atoms with E-state index in [4.69, 9.17) is 15.5 Å². The van der Waals surface area contributed by atoms with Gasteiger partial charge in [0.2, 0.25) is 0 Å². The van der Waals surface area contributed by atoms with Crippen molar-refractivity contribution in [3.8, 4) is 5.75 Å². The molecule has 1 aliphatic heterocycles. The molecule has 0 aliphatic carbocycles. The summed E-state index contributed by atoms with van der Waals surface area (Å²) in [5.41, 5.74) is 8.55. The number of carbonyl (C=O) groups excluding carboxylic acids is 1. The highest BCUT2D eigenvalue weighted by molar-refractivity contribution is 5.93. The van der Waals surface area contributed by atoms with Crippen molar-refractivity contribution < 1.29 is 9.53 Å². The highest BCUT2D eigenvalue weighted by atomic mass is 16.5. The van der Waals surface area contributed by atoms with Crippen LogP contribution in [0.5, 0.6) is 5.75 Å². The second-order valence-electron chi connectivity index (χ2n) is 8.43. The molecule has 1 atom stereocenters. The summed E-state index contributed by atoms with van der Waals surface area (Å²) < 4.78 is 6.13. The topological polar surface area (TPSA) is 71.2 Å². The molecule has 0 spiro atoms. The van der Waals surface area contributed by atoms with Gasteiger partial charge in [0, 0.05) is 19.6 Å². The van der Waals surface area contributed by atoms with Gasteiger partial charge in [0.05, 0.1) is 18.6 Å². The molecule has 1 unspecified atom stereocenters. The lowest BCUT2D eigenvalue weighted by Crippen LogP contribution is -2.37. The van der Waals surface area contributed by atoms with E-state index in [1.54, 1.807) is 4.90 Å². The van der Waals surface area contributed by atoms with Crippen molar-refractivity contribution in [2.45, 2.75) is 52.0 Å². The number of aliphatic imine (C=N–C) groups is 1. The first-order valence-corrected chi connectivity index (χ1v) is 11.6. The Bertz CT molecular complexity index is 915. The summed E-state index contributed by atoms with van der Waals surface area (Å²) in [7, 11) is 0. The van der Waals surface area contributed by atoms with Crippen molar-refractivity contribution in [3.05, 3.63) is 59.7 Å². The number of ether oxygens (including phenoxy) is 1. The van der Waals surface area contributed by atoms with Crippen LogP contribution in [0.4, 0.5) is 10.5 Å². The van der Waals surface area contributed by atoms with Gasteiger partial charge in [0.1, 0.15) is 11.3 Å². The zero-order valence-corrected chi connectivity index (χ0v) is 19.6. The minimum Gasteiger partial charge on any atom is -0.491 e. The Hall–Kier alpha value is -3.02. The lowest BCUT2D eigenvalue weighted by molar-refractivity contribution is 0.252. The summed E-state index contributed by atoms with van der Waals surface area (Å²) >= 11 is 0. The Morgan fingerprint density at radius 1 is 1.16 bits per heavy atom.